The Balaban J connectivity index is 1.75. The Labute approximate surface area is 245 Å². The molecule has 10 heteroatoms. The van der Waals surface area contributed by atoms with Crippen LogP contribution in [0.1, 0.15) is 85.5 Å². The molecule has 3 saturated heterocycles. The van der Waals surface area contributed by atoms with Crippen LogP contribution >= 0.6 is 0 Å². The third-order valence-corrected chi connectivity index (χ3v) is 8.56. The maximum absolute atomic E-state index is 13.2. The normalized spacial score (nSPS) is 43.0. The van der Waals surface area contributed by atoms with Gasteiger partial charge in [-0.3, -0.25) is 4.79 Å². The maximum atomic E-state index is 13.2. The molecule has 3 aliphatic heterocycles. The van der Waals surface area contributed by atoms with E-state index in [1.165, 1.54) is 14.2 Å². The van der Waals surface area contributed by atoms with Crippen LogP contribution < -0.4 is 0 Å². The number of methoxy groups -OCH3 is 2. The minimum Gasteiger partial charge on any atom is -0.459 e. The number of rotatable bonds is 9. The quantitative estimate of drug-likeness (QED) is 0.273. The van der Waals surface area contributed by atoms with E-state index in [0.717, 1.165) is 6.42 Å². The maximum Gasteiger partial charge on any atom is 0.311 e. The Hall–Kier alpha value is -1.37. The second kappa shape index (κ2) is 15.4. The standard InChI is InChI=1S/C31H52O10/c1-7-8-9-10-11-12-15-30(4)18-24(32)20(2)13-14-22-16-23(17-31(35,40-22)19-25(33)41-30)39-29-28(37-6)26(34)27(36-5)21(3)38-29/h8-11,20-24,26-29,32,34-35H,7,12-19H2,1-6H3/b9-8+,11-10+/t20?,21-,22-,23+,24-,26+,27?,28+,29?,30-,31-/m0/s1. The number of allylic oxidation sites excluding steroid dienone is 4. The fourth-order valence-corrected chi connectivity index (χ4v) is 6.20. The van der Waals surface area contributed by atoms with Crippen LogP contribution in [0.2, 0.25) is 0 Å². The average Bonchev–Trinajstić information content (AvgIpc) is 2.88. The third-order valence-electron chi connectivity index (χ3n) is 8.56. The molecule has 236 valence electrons. The molecule has 0 radical (unpaired) electrons. The fraction of sp³-hybridized carbons (Fsp3) is 0.839. The van der Waals surface area contributed by atoms with Gasteiger partial charge in [-0.15, -0.1) is 0 Å². The molecule has 3 rings (SSSR count). The molecule has 10 nitrogen and oxygen atoms in total. The Morgan fingerprint density at radius 1 is 1.05 bits per heavy atom. The lowest BCUT2D eigenvalue weighted by Gasteiger charge is -2.46. The first-order chi connectivity index (χ1) is 19.4. The summed E-state index contributed by atoms with van der Waals surface area (Å²) >= 11 is 0. The van der Waals surface area contributed by atoms with E-state index in [1.54, 1.807) is 6.92 Å². The minimum atomic E-state index is -1.80. The molecule has 3 fully saturated rings. The van der Waals surface area contributed by atoms with Crippen LogP contribution in [0.5, 0.6) is 0 Å². The van der Waals surface area contributed by atoms with Crippen molar-refractivity contribution in [2.75, 3.05) is 14.2 Å². The molecule has 0 aliphatic carbocycles. The number of carbonyl (C=O) groups excluding carboxylic acids is 1. The highest BCUT2D eigenvalue weighted by atomic mass is 16.7. The first kappa shape index (κ1) is 34.1. The van der Waals surface area contributed by atoms with Crippen molar-refractivity contribution >= 4 is 5.97 Å². The number of ether oxygens (including phenoxy) is 6. The summed E-state index contributed by atoms with van der Waals surface area (Å²) in [6, 6.07) is 0. The topological polar surface area (TPSA) is 133 Å². The molecule has 2 bridgehead atoms. The smallest absolute Gasteiger partial charge is 0.311 e. The van der Waals surface area contributed by atoms with Gasteiger partial charge < -0.3 is 43.7 Å². The molecule has 3 unspecified atom stereocenters. The molecule has 11 atom stereocenters. The minimum absolute atomic E-state index is 0.0223. The summed E-state index contributed by atoms with van der Waals surface area (Å²) in [6.07, 6.45) is 6.53. The van der Waals surface area contributed by atoms with Crippen molar-refractivity contribution in [2.45, 2.75) is 146 Å². The molecule has 3 heterocycles. The molecule has 0 aromatic heterocycles. The zero-order valence-electron chi connectivity index (χ0n) is 25.6. The van der Waals surface area contributed by atoms with Gasteiger partial charge in [0.05, 0.1) is 30.8 Å². The number of esters is 1. The van der Waals surface area contributed by atoms with Gasteiger partial charge in [-0.05, 0) is 51.9 Å². The van der Waals surface area contributed by atoms with Gasteiger partial charge in [-0.1, -0.05) is 38.2 Å². The van der Waals surface area contributed by atoms with E-state index >= 15 is 0 Å². The van der Waals surface area contributed by atoms with Gasteiger partial charge in [0.25, 0.3) is 0 Å². The number of cyclic esters (lactones) is 1. The highest BCUT2D eigenvalue weighted by Gasteiger charge is 2.49. The highest BCUT2D eigenvalue weighted by Crippen LogP contribution is 2.38. The van der Waals surface area contributed by atoms with Crippen LogP contribution in [0.3, 0.4) is 0 Å². The monoisotopic (exact) mass is 584 g/mol. The molecule has 3 N–H and O–H groups in total. The fourth-order valence-electron chi connectivity index (χ4n) is 6.20. The lowest BCUT2D eigenvalue weighted by molar-refractivity contribution is -0.337. The molecule has 0 aromatic carbocycles. The summed E-state index contributed by atoms with van der Waals surface area (Å²) in [4.78, 5) is 13.2. The molecule has 0 spiro atoms. The van der Waals surface area contributed by atoms with E-state index in [0.29, 0.717) is 38.5 Å². The molecule has 3 aliphatic rings. The van der Waals surface area contributed by atoms with E-state index in [2.05, 4.69) is 13.0 Å². The zero-order valence-corrected chi connectivity index (χ0v) is 25.6. The molecule has 0 amide bonds. The molecule has 0 aromatic rings. The van der Waals surface area contributed by atoms with Crippen LogP contribution in [0, 0.1) is 5.92 Å². The van der Waals surface area contributed by atoms with E-state index < -0.39 is 66.4 Å². The zero-order chi connectivity index (χ0) is 30.2. The summed E-state index contributed by atoms with van der Waals surface area (Å²) in [7, 11) is 2.97. The van der Waals surface area contributed by atoms with Crippen molar-refractivity contribution in [3.05, 3.63) is 24.3 Å². The van der Waals surface area contributed by atoms with Crippen LogP contribution in [0.4, 0.5) is 0 Å². The lowest BCUT2D eigenvalue weighted by Crippen LogP contribution is -2.60. The summed E-state index contributed by atoms with van der Waals surface area (Å²) < 4.78 is 35.3. The number of carbonyl (C=O) groups is 1. The largest absolute Gasteiger partial charge is 0.459 e. The Kier molecular flexibility index (Phi) is 12.8. The molecule has 41 heavy (non-hydrogen) atoms. The molecular weight excluding hydrogens is 532 g/mol. The third kappa shape index (κ3) is 9.56. The summed E-state index contributed by atoms with van der Waals surface area (Å²) in [5, 5.41) is 33.4. The van der Waals surface area contributed by atoms with E-state index in [9.17, 15) is 20.1 Å². The average molecular weight is 585 g/mol. The van der Waals surface area contributed by atoms with Crippen molar-refractivity contribution in [1.29, 1.82) is 0 Å². The van der Waals surface area contributed by atoms with Crippen LogP contribution in [-0.2, 0) is 33.2 Å². The van der Waals surface area contributed by atoms with E-state index in [-0.39, 0.29) is 18.8 Å². The number of fused-ring (bicyclic) bond motifs is 2. The number of aliphatic hydroxyl groups is 3. The predicted octanol–water partition coefficient (Wildman–Crippen LogP) is 3.55. The predicted molar refractivity (Wildman–Crippen MR) is 152 cm³/mol. The lowest BCUT2D eigenvalue weighted by atomic mass is 9.84. The second-order valence-corrected chi connectivity index (χ2v) is 12.2. The van der Waals surface area contributed by atoms with Crippen LogP contribution in [0.15, 0.2) is 24.3 Å². The van der Waals surface area contributed by atoms with Gasteiger partial charge in [-0.2, -0.15) is 0 Å². The second-order valence-electron chi connectivity index (χ2n) is 12.2. The SMILES string of the molecule is CC/C=C/C=C/CC[C@@]1(C)C[C@H](O)C(C)CC[C@H]2C[C@@H](OC3O[C@@H](C)C(OC)[C@@H](O)[C@H]3OC)C[C@@](O)(CC(=O)O1)O2. The number of aliphatic hydroxyl groups excluding tert-OH is 2. The van der Waals surface area contributed by atoms with E-state index in [1.807, 2.05) is 32.1 Å². The Morgan fingerprint density at radius 2 is 1.76 bits per heavy atom. The first-order valence-corrected chi connectivity index (χ1v) is 15.1. The van der Waals surface area contributed by atoms with Crippen molar-refractivity contribution < 1.29 is 48.5 Å². The van der Waals surface area contributed by atoms with Crippen LogP contribution in [0.25, 0.3) is 0 Å². The van der Waals surface area contributed by atoms with Crippen LogP contribution in [-0.4, -0.2) is 95.9 Å². The molecular formula is C31H52O10. The van der Waals surface area contributed by atoms with Gasteiger partial charge in [0.1, 0.15) is 23.9 Å². The first-order valence-electron chi connectivity index (χ1n) is 15.1. The number of hydrogen-bond donors (Lipinski definition) is 3. The van der Waals surface area contributed by atoms with Gasteiger partial charge in [0.15, 0.2) is 12.1 Å². The van der Waals surface area contributed by atoms with Gasteiger partial charge in [0, 0.05) is 33.5 Å². The Bertz CT molecular complexity index is 879. The highest BCUT2D eigenvalue weighted by molar-refractivity contribution is 5.71. The van der Waals surface area contributed by atoms with E-state index in [4.69, 9.17) is 28.4 Å². The van der Waals surface area contributed by atoms with Crippen molar-refractivity contribution in [3.63, 3.8) is 0 Å². The summed E-state index contributed by atoms with van der Waals surface area (Å²) in [5.41, 5.74) is -0.908. The van der Waals surface area contributed by atoms with Crippen molar-refractivity contribution in [2.24, 2.45) is 5.92 Å². The Morgan fingerprint density at radius 3 is 2.44 bits per heavy atom. The summed E-state index contributed by atoms with van der Waals surface area (Å²) in [5.74, 6) is -2.47. The van der Waals surface area contributed by atoms with Gasteiger partial charge in [-0.25, -0.2) is 0 Å². The van der Waals surface area contributed by atoms with Crippen molar-refractivity contribution in [3.8, 4) is 0 Å². The van der Waals surface area contributed by atoms with Gasteiger partial charge >= 0.3 is 5.97 Å². The van der Waals surface area contributed by atoms with Crippen molar-refractivity contribution in [1.82, 2.24) is 0 Å². The summed E-state index contributed by atoms with van der Waals surface area (Å²) in [6.45, 7) is 7.68. The number of hydrogen-bond acceptors (Lipinski definition) is 10. The molecule has 0 saturated carbocycles. The van der Waals surface area contributed by atoms with Gasteiger partial charge in [0.2, 0.25) is 0 Å².